The number of fused-ring (bicyclic) bond motifs is 1. The third-order valence-corrected chi connectivity index (χ3v) is 6.09. The Labute approximate surface area is 174 Å². The number of ether oxygens (including phenoxy) is 2. The Hall–Kier alpha value is -3.09. The lowest BCUT2D eigenvalue weighted by Gasteiger charge is -2.37. The maximum Gasteiger partial charge on any atom is 0.267 e. The van der Waals surface area contributed by atoms with Gasteiger partial charge >= 0.3 is 0 Å². The zero-order valence-electron chi connectivity index (χ0n) is 16.5. The molecule has 0 N–H and O–H groups in total. The van der Waals surface area contributed by atoms with Crippen molar-refractivity contribution in [2.75, 3.05) is 32.8 Å². The number of hydrogen-bond acceptors (Lipinski definition) is 4. The highest BCUT2D eigenvalue weighted by molar-refractivity contribution is 5.84. The molecule has 0 bridgehead atoms. The highest BCUT2D eigenvalue weighted by atomic mass is 19.1. The molecule has 3 atom stereocenters. The zero-order valence-corrected chi connectivity index (χ0v) is 16.5. The minimum Gasteiger partial charge on any atom is -0.485 e. The average Bonchev–Trinajstić information content (AvgIpc) is 3.59. The number of nitrogens with zero attached hydrogens (tertiary/aromatic N) is 2. The first-order valence-corrected chi connectivity index (χ1v) is 10.3. The minimum absolute atomic E-state index is 0.0377. The first kappa shape index (κ1) is 18.9. The largest absolute Gasteiger partial charge is 0.485 e. The van der Waals surface area contributed by atoms with E-state index >= 15 is 0 Å². The van der Waals surface area contributed by atoms with Crippen molar-refractivity contribution in [3.05, 3.63) is 59.9 Å². The summed E-state index contributed by atoms with van der Waals surface area (Å²) in [5, 5.41) is 0. The molecule has 2 aromatic rings. The van der Waals surface area contributed by atoms with Crippen LogP contribution in [0.3, 0.4) is 0 Å². The SMILES string of the molecule is O=C(C1COc2ccccc2O1)N1CCN(C(=O)C2CC2c2ccc(F)cc2)CC1. The van der Waals surface area contributed by atoms with Gasteiger partial charge in [0.25, 0.3) is 5.91 Å². The topological polar surface area (TPSA) is 59.1 Å². The van der Waals surface area contributed by atoms with Crippen LogP contribution in [0.5, 0.6) is 11.5 Å². The average molecular weight is 410 g/mol. The molecule has 5 rings (SSSR count). The quantitative estimate of drug-likeness (QED) is 0.780. The van der Waals surface area contributed by atoms with Crippen LogP contribution in [0, 0.1) is 11.7 Å². The molecule has 156 valence electrons. The number of benzene rings is 2. The van der Waals surface area contributed by atoms with E-state index in [2.05, 4.69) is 0 Å². The van der Waals surface area contributed by atoms with Crippen molar-refractivity contribution in [3.8, 4) is 11.5 Å². The fourth-order valence-electron chi connectivity index (χ4n) is 4.27. The number of carbonyl (C=O) groups excluding carboxylic acids is 2. The van der Waals surface area contributed by atoms with Crippen LogP contribution >= 0.6 is 0 Å². The van der Waals surface area contributed by atoms with Crippen molar-refractivity contribution < 1.29 is 23.5 Å². The molecule has 2 heterocycles. The van der Waals surface area contributed by atoms with Gasteiger partial charge in [-0.05, 0) is 42.2 Å². The summed E-state index contributed by atoms with van der Waals surface area (Å²) < 4.78 is 24.6. The van der Waals surface area contributed by atoms with Crippen LogP contribution < -0.4 is 9.47 Å². The first-order valence-electron chi connectivity index (χ1n) is 10.3. The summed E-state index contributed by atoms with van der Waals surface area (Å²) in [6, 6.07) is 13.7. The third kappa shape index (κ3) is 3.60. The van der Waals surface area contributed by atoms with Crippen LogP contribution in [-0.2, 0) is 9.59 Å². The molecule has 1 saturated carbocycles. The predicted octanol–water partition coefficient (Wildman–Crippen LogP) is 2.44. The predicted molar refractivity (Wildman–Crippen MR) is 107 cm³/mol. The van der Waals surface area contributed by atoms with Crippen LogP contribution in [0.25, 0.3) is 0 Å². The second kappa shape index (κ2) is 7.63. The van der Waals surface area contributed by atoms with Crippen LogP contribution in [0.2, 0.25) is 0 Å². The van der Waals surface area contributed by atoms with Gasteiger partial charge < -0.3 is 19.3 Å². The molecule has 2 aromatic carbocycles. The van der Waals surface area contributed by atoms with Gasteiger partial charge in [0, 0.05) is 32.1 Å². The lowest BCUT2D eigenvalue weighted by atomic mass is 10.1. The van der Waals surface area contributed by atoms with Crippen LogP contribution in [0.4, 0.5) is 4.39 Å². The molecule has 3 unspecified atom stereocenters. The maximum absolute atomic E-state index is 13.1. The van der Waals surface area contributed by atoms with E-state index in [0.717, 1.165) is 12.0 Å². The summed E-state index contributed by atoms with van der Waals surface area (Å²) >= 11 is 0. The second-order valence-electron chi connectivity index (χ2n) is 8.02. The van der Waals surface area contributed by atoms with E-state index in [4.69, 9.17) is 9.47 Å². The number of piperazine rings is 1. The Morgan fingerprint density at radius 2 is 1.50 bits per heavy atom. The van der Waals surface area contributed by atoms with Crippen LogP contribution in [0.15, 0.2) is 48.5 Å². The third-order valence-electron chi connectivity index (χ3n) is 6.09. The van der Waals surface area contributed by atoms with E-state index in [0.29, 0.717) is 37.7 Å². The molecule has 0 aromatic heterocycles. The van der Waals surface area contributed by atoms with Crippen molar-refractivity contribution >= 4 is 11.8 Å². The minimum atomic E-state index is -0.659. The Kier molecular flexibility index (Phi) is 4.81. The highest BCUT2D eigenvalue weighted by Crippen LogP contribution is 2.48. The summed E-state index contributed by atoms with van der Waals surface area (Å²) in [5.74, 6) is 1.12. The van der Waals surface area contributed by atoms with Gasteiger partial charge in [0.2, 0.25) is 12.0 Å². The second-order valence-corrected chi connectivity index (χ2v) is 8.02. The normalized spacial score (nSPS) is 25.0. The van der Waals surface area contributed by atoms with E-state index in [1.165, 1.54) is 12.1 Å². The molecule has 2 amide bonds. The Morgan fingerprint density at radius 3 is 2.20 bits per heavy atom. The van der Waals surface area contributed by atoms with Crippen molar-refractivity contribution in [1.82, 2.24) is 9.80 Å². The summed E-state index contributed by atoms with van der Waals surface area (Å²) in [6.07, 6.45) is 0.143. The molecule has 0 radical (unpaired) electrons. The highest BCUT2D eigenvalue weighted by Gasteiger charge is 2.46. The summed E-state index contributed by atoms with van der Waals surface area (Å²) in [5.41, 5.74) is 1.01. The number of halogens is 1. The number of rotatable bonds is 3. The van der Waals surface area contributed by atoms with Gasteiger partial charge in [-0.1, -0.05) is 24.3 Å². The van der Waals surface area contributed by atoms with Gasteiger partial charge in [0.05, 0.1) is 0 Å². The fraction of sp³-hybridized carbons (Fsp3) is 0.391. The van der Waals surface area contributed by atoms with E-state index in [1.54, 1.807) is 23.1 Å². The summed E-state index contributed by atoms with van der Waals surface area (Å²) in [6.45, 7) is 2.19. The van der Waals surface area contributed by atoms with Gasteiger partial charge in [0.1, 0.15) is 12.4 Å². The molecular formula is C23H23FN2O4. The molecule has 6 nitrogen and oxygen atoms in total. The van der Waals surface area contributed by atoms with E-state index in [1.807, 2.05) is 23.1 Å². The van der Waals surface area contributed by atoms with Gasteiger partial charge in [-0.15, -0.1) is 0 Å². The molecule has 3 aliphatic rings. The standard InChI is InChI=1S/C23H23FN2O4/c24-16-7-5-15(6-8-16)17-13-18(17)22(27)25-9-11-26(12-10-25)23(28)21-14-29-19-3-1-2-4-20(19)30-21/h1-8,17-18,21H,9-14H2. The Morgan fingerprint density at radius 1 is 0.867 bits per heavy atom. The molecule has 1 aliphatic carbocycles. The van der Waals surface area contributed by atoms with E-state index in [-0.39, 0.29) is 36.1 Å². The summed E-state index contributed by atoms with van der Waals surface area (Å²) in [4.78, 5) is 29.3. The maximum atomic E-state index is 13.1. The van der Waals surface area contributed by atoms with Gasteiger partial charge in [0.15, 0.2) is 11.5 Å². The van der Waals surface area contributed by atoms with Gasteiger partial charge in [-0.25, -0.2) is 4.39 Å². The number of amides is 2. The molecule has 2 fully saturated rings. The van der Waals surface area contributed by atoms with Gasteiger partial charge in [-0.2, -0.15) is 0 Å². The van der Waals surface area contributed by atoms with E-state index in [9.17, 15) is 14.0 Å². The van der Waals surface area contributed by atoms with Crippen LogP contribution in [0.1, 0.15) is 17.9 Å². The zero-order chi connectivity index (χ0) is 20.7. The molecule has 30 heavy (non-hydrogen) atoms. The Balaban J connectivity index is 1.14. The smallest absolute Gasteiger partial charge is 0.267 e. The van der Waals surface area contributed by atoms with Crippen molar-refractivity contribution in [3.63, 3.8) is 0 Å². The first-order chi connectivity index (χ1) is 14.6. The Bertz CT molecular complexity index is 956. The van der Waals surface area contributed by atoms with Crippen molar-refractivity contribution in [1.29, 1.82) is 0 Å². The van der Waals surface area contributed by atoms with E-state index < -0.39 is 6.10 Å². The van der Waals surface area contributed by atoms with Gasteiger partial charge in [-0.3, -0.25) is 9.59 Å². The molecular weight excluding hydrogens is 387 g/mol. The van der Waals surface area contributed by atoms with Crippen LogP contribution in [-0.4, -0.2) is 60.5 Å². The fourth-order valence-corrected chi connectivity index (χ4v) is 4.27. The van der Waals surface area contributed by atoms with Crippen molar-refractivity contribution in [2.24, 2.45) is 5.92 Å². The number of carbonyl (C=O) groups is 2. The summed E-state index contributed by atoms with van der Waals surface area (Å²) in [7, 11) is 0. The molecule has 0 spiro atoms. The molecule has 1 saturated heterocycles. The molecule has 7 heteroatoms. The number of para-hydroxylation sites is 2. The molecule has 2 aliphatic heterocycles. The lowest BCUT2D eigenvalue weighted by molar-refractivity contribution is -0.146. The lowest BCUT2D eigenvalue weighted by Crippen LogP contribution is -2.55. The number of hydrogen-bond donors (Lipinski definition) is 0. The van der Waals surface area contributed by atoms with Crippen molar-refractivity contribution in [2.45, 2.75) is 18.4 Å². The monoisotopic (exact) mass is 410 g/mol.